The van der Waals surface area contributed by atoms with E-state index >= 15 is 0 Å². The highest BCUT2D eigenvalue weighted by atomic mass is 16.1. The molecule has 0 radical (unpaired) electrons. The maximum atomic E-state index is 12.5. The van der Waals surface area contributed by atoms with E-state index in [1.807, 2.05) is 31.2 Å². The van der Waals surface area contributed by atoms with Crippen molar-refractivity contribution >= 4 is 33.1 Å². The van der Waals surface area contributed by atoms with Crippen LogP contribution in [0.25, 0.3) is 21.5 Å². The first-order valence-corrected chi connectivity index (χ1v) is 7.71. The first-order chi connectivity index (χ1) is 10.7. The molecule has 0 saturated carbocycles. The Labute approximate surface area is 128 Å². The van der Waals surface area contributed by atoms with Crippen LogP contribution in [0.1, 0.15) is 41.6 Å². The smallest absolute Gasteiger partial charge is 0.171 e. The first kappa shape index (κ1) is 13.2. The van der Waals surface area contributed by atoms with Gasteiger partial charge in [-0.3, -0.25) is 9.59 Å². The number of Topliss-reactive ketones (excluding diaryl/α,β-unsaturated/α-hetero) is 2. The molecule has 0 N–H and O–H groups in total. The number of fused-ring (bicyclic) bond motifs is 5. The Bertz CT molecular complexity index is 937. The molecular formula is C20H16O2. The number of benzene rings is 3. The molecule has 0 spiro atoms. The van der Waals surface area contributed by atoms with Crippen LogP contribution in [0.15, 0.2) is 48.5 Å². The molecule has 0 aliphatic heterocycles. The van der Waals surface area contributed by atoms with Gasteiger partial charge in [-0.15, -0.1) is 0 Å². The molecule has 3 aromatic rings. The molecule has 3 aromatic carbocycles. The van der Waals surface area contributed by atoms with Crippen LogP contribution in [0.4, 0.5) is 0 Å². The van der Waals surface area contributed by atoms with Crippen LogP contribution >= 0.6 is 0 Å². The van der Waals surface area contributed by atoms with Crippen LogP contribution in [-0.2, 0) is 4.79 Å². The highest BCUT2D eigenvalue weighted by Crippen LogP contribution is 2.37. The maximum Gasteiger partial charge on any atom is 0.171 e. The van der Waals surface area contributed by atoms with E-state index in [0.717, 1.165) is 33.7 Å². The Balaban J connectivity index is 2.12. The highest BCUT2D eigenvalue weighted by Gasteiger charge is 2.32. The fourth-order valence-electron chi connectivity index (χ4n) is 3.70. The van der Waals surface area contributed by atoms with E-state index in [1.54, 1.807) is 0 Å². The van der Waals surface area contributed by atoms with E-state index < -0.39 is 0 Å². The summed E-state index contributed by atoms with van der Waals surface area (Å²) < 4.78 is 0. The second-order valence-corrected chi connectivity index (χ2v) is 5.94. The van der Waals surface area contributed by atoms with Crippen molar-refractivity contribution in [3.05, 3.63) is 59.7 Å². The van der Waals surface area contributed by atoms with Crippen LogP contribution in [0.2, 0.25) is 0 Å². The summed E-state index contributed by atoms with van der Waals surface area (Å²) in [7, 11) is 0. The van der Waals surface area contributed by atoms with E-state index in [-0.39, 0.29) is 23.9 Å². The Hall–Kier alpha value is -2.48. The van der Waals surface area contributed by atoms with Gasteiger partial charge in [0.15, 0.2) is 5.78 Å². The molecular weight excluding hydrogens is 272 g/mol. The van der Waals surface area contributed by atoms with Crippen molar-refractivity contribution < 1.29 is 9.59 Å². The molecule has 22 heavy (non-hydrogen) atoms. The molecule has 2 nitrogen and oxygen atoms in total. The Morgan fingerprint density at radius 2 is 1.68 bits per heavy atom. The SMILES string of the molecule is CCC1C(=O)CC(=O)c2c1ccc1c2ccc2ccccc21. The Morgan fingerprint density at radius 1 is 0.909 bits per heavy atom. The number of hydrogen-bond acceptors (Lipinski definition) is 2. The van der Waals surface area contributed by atoms with Crippen molar-refractivity contribution in [3.8, 4) is 0 Å². The maximum absolute atomic E-state index is 12.5. The molecule has 1 atom stereocenters. The number of ketones is 2. The van der Waals surface area contributed by atoms with E-state index in [2.05, 4.69) is 24.3 Å². The molecule has 4 rings (SSSR count). The second kappa shape index (κ2) is 4.77. The quantitative estimate of drug-likeness (QED) is 0.483. The summed E-state index contributed by atoms with van der Waals surface area (Å²) in [5.74, 6) is -0.116. The zero-order chi connectivity index (χ0) is 15.3. The average Bonchev–Trinajstić information content (AvgIpc) is 2.54. The summed E-state index contributed by atoms with van der Waals surface area (Å²) >= 11 is 0. The van der Waals surface area contributed by atoms with Crippen molar-refractivity contribution in [2.24, 2.45) is 0 Å². The summed E-state index contributed by atoms with van der Waals surface area (Å²) in [6.45, 7) is 2.01. The monoisotopic (exact) mass is 288 g/mol. The molecule has 1 unspecified atom stereocenters. The van der Waals surface area contributed by atoms with Crippen LogP contribution in [-0.4, -0.2) is 11.6 Å². The molecule has 1 aliphatic carbocycles. The highest BCUT2D eigenvalue weighted by molar-refractivity contribution is 6.22. The average molecular weight is 288 g/mol. The lowest BCUT2D eigenvalue weighted by Crippen LogP contribution is -2.25. The van der Waals surface area contributed by atoms with Gasteiger partial charge < -0.3 is 0 Å². The van der Waals surface area contributed by atoms with Crippen molar-refractivity contribution in [2.75, 3.05) is 0 Å². The zero-order valence-corrected chi connectivity index (χ0v) is 12.4. The van der Waals surface area contributed by atoms with Gasteiger partial charge >= 0.3 is 0 Å². The van der Waals surface area contributed by atoms with E-state index in [0.29, 0.717) is 0 Å². The lowest BCUT2D eigenvalue weighted by molar-refractivity contribution is -0.120. The van der Waals surface area contributed by atoms with Crippen molar-refractivity contribution in [3.63, 3.8) is 0 Å². The largest absolute Gasteiger partial charge is 0.299 e. The van der Waals surface area contributed by atoms with Gasteiger partial charge in [0.25, 0.3) is 0 Å². The van der Waals surface area contributed by atoms with Crippen molar-refractivity contribution in [1.29, 1.82) is 0 Å². The predicted octanol–water partition coefficient (Wildman–Crippen LogP) is 4.64. The van der Waals surface area contributed by atoms with Crippen molar-refractivity contribution in [2.45, 2.75) is 25.7 Å². The minimum absolute atomic E-state index is 0.0365. The van der Waals surface area contributed by atoms with Gasteiger partial charge in [0.1, 0.15) is 5.78 Å². The summed E-state index contributed by atoms with van der Waals surface area (Å²) in [4.78, 5) is 24.6. The van der Waals surface area contributed by atoms with Crippen LogP contribution < -0.4 is 0 Å². The first-order valence-electron chi connectivity index (χ1n) is 7.71. The predicted molar refractivity (Wildman–Crippen MR) is 88.4 cm³/mol. The Morgan fingerprint density at radius 3 is 2.50 bits per heavy atom. The normalized spacial score (nSPS) is 18.0. The number of hydrogen-bond donors (Lipinski definition) is 0. The summed E-state index contributed by atoms with van der Waals surface area (Å²) in [6.07, 6.45) is 0.787. The standard InChI is InChI=1S/C20H16O2/c1-2-13-16-10-9-15-14-6-4-3-5-12(14)7-8-17(15)20(16)19(22)11-18(13)21/h3-10,13H,2,11H2,1H3. The third kappa shape index (κ3) is 1.73. The minimum atomic E-state index is -0.136. The molecule has 0 aromatic heterocycles. The molecule has 0 fully saturated rings. The lowest BCUT2D eigenvalue weighted by Gasteiger charge is -2.24. The lowest BCUT2D eigenvalue weighted by atomic mass is 9.77. The second-order valence-electron chi connectivity index (χ2n) is 5.94. The molecule has 0 amide bonds. The third-order valence-electron chi connectivity index (χ3n) is 4.74. The van der Waals surface area contributed by atoms with Gasteiger partial charge in [0, 0.05) is 11.5 Å². The van der Waals surface area contributed by atoms with Crippen LogP contribution in [0, 0.1) is 0 Å². The molecule has 0 heterocycles. The Kier molecular flexibility index (Phi) is 2.86. The van der Waals surface area contributed by atoms with Crippen molar-refractivity contribution in [1.82, 2.24) is 0 Å². The topological polar surface area (TPSA) is 34.1 Å². The van der Waals surface area contributed by atoms with Gasteiger partial charge in [0.2, 0.25) is 0 Å². The fraction of sp³-hybridized carbons (Fsp3) is 0.200. The molecule has 0 saturated heterocycles. The van der Waals surface area contributed by atoms with Gasteiger partial charge in [-0.05, 0) is 33.5 Å². The number of carbonyl (C=O) groups is 2. The third-order valence-corrected chi connectivity index (χ3v) is 4.74. The molecule has 1 aliphatic rings. The van der Waals surface area contributed by atoms with Gasteiger partial charge in [-0.2, -0.15) is 0 Å². The number of rotatable bonds is 1. The van der Waals surface area contributed by atoms with E-state index in [9.17, 15) is 9.59 Å². The zero-order valence-electron chi connectivity index (χ0n) is 12.4. The summed E-state index contributed by atoms with van der Waals surface area (Å²) in [6, 6.07) is 16.3. The summed E-state index contributed by atoms with van der Waals surface area (Å²) in [5, 5.41) is 4.39. The molecule has 108 valence electrons. The van der Waals surface area contributed by atoms with Gasteiger partial charge in [-0.1, -0.05) is 55.5 Å². The van der Waals surface area contributed by atoms with E-state index in [4.69, 9.17) is 0 Å². The van der Waals surface area contributed by atoms with Gasteiger partial charge in [0.05, 0.1) is 6.42 Å². The molecule has 2 heteroatoms. The van der Waals surface area contributed by atoms with E-state index in [1.165, 1.54) is 5.39 Å². The van der Waals surface area contributed by atoms with Crippen LogP contribution in [0.5, 0.6) is 0 Å². The van der Waals surface area contributed by atoms with Gasteiger partial charge in [-0.25, -0.2) is 0 Å². The summed E-state index contributed by atoms with van der Waals surface area (Å²) in [5.41, 5.74) is 1.67. The minimum Gasteiger partial charge on any atom is -0.299 e. The fourth-order valence-corrected chi connectivity index (χ4v) is 3.70. The van der Waals surface area contributed by atoms with Crippen LogP contribution in [0.3, 0.4) is 0 Å². The molecule has 0 bridgehead atoms. The number of carbonyl (C=O) groups excluding carboxylic acids is 2.